The molecule has 1 unspecified atom stereocenters. The summed E-state index contributed by atoms with van der Waals surface area (Å²) in [6, 6.07) is 7.96. The largest absolute Gasteiger partial charge is 0.492 e. The first-order chi connectivity index (χ1) is 8.28. The van der Waals surface area contributed by atoms with E-state index in [1.807, 2.05) is 24.3 Å². The molecular formula is C13H19BrN2O. The lowest BCUT2D eigenvalue weighted by atomic mass is 10.1. The molecule has 1 aromatic carbocycles. The minimum Gasteiger partial charge on any atom is -0.492 e. The molecule has 1 aromatic rings. The van der Waals surface area contributed by atoms with Crippen LogP contribution in [-0.4, -0.2) is 37.7 Å². The Bertz CT molecular complexity index is 342. The van der Waals surface area contributed by atoms with Crippen molar-refractivity contribution in [1.29, 1.82) is 0 Å². The van der Waals surface area contributed by atoms with E-state index in [9.17, 15) is 0 Å². The van der Waals surface area contributed by atoms with Gasteiger partial charge in [0, 0.05) is 17.6 Å². The third-order valence-corrected chi connectivity index (χ3v) is 3.72. The molecule has 17 heavy (non-hydrogen) atoms. The zero-order valence-corrected chi connectivity index (χ0v) is 11.5. The molecular weight excluding hydrogens is 280 g/mol. The number of hydrogen-bond acceptors (Lipinski definition) is 3. The number of halogens is 1. The number of hydrogen-bond donors (Lipinski definition) is 1. The number of likely N-dealkylation sites (tertiary alicyclic amines) is 1. The Balaban J connectivity index is 1.68. The van der Waals surface area contributed by atoms with Crippen LogP contribution in [0.25, 0.3) is 0 Å². The average Bonchev–Trinajstić information content (AvgIpc) is 2.80. The molecule has 2 rings (SSSR count). The average molecular weight is 299 g/mol. The summed E-state index contributed by atoms with van der Waals surface area (Å²) in [5.41, 5.74) is 5.67. The summed E-state index contributed by atoms with van der Waals surface area (Å²) >= 11 is 3.41. The Hall–Kier alpha value is -0.580. The highest BCUT2D eigenvalue weighted by Crippen LogP contribution is 2.17. The third-order valence-electron chi connectivity index (χ3n) is 3.19. The normalized spacial score (nSPS) is 20.7. The summed E-state index contributed by atoms with van der Waals surface area (Å²) in [5.74, 6) is 1.62. The molecule has 1 saturated heterocycles. The summed E-state index contributed by atoms with van der Waals surface area (Å²) in [7, 11) is 0. The van der Waals surface area contributed by atoms with Gasteiger partial charge in [-0.1, -0.05) is 15.9 Å². The second-order valence-electron chi connectivity index (χ2n) is 4.49. The Morgan fingerprint density at radius 2 is 2.12 bits per heavy atom. The predicted octanol–water partition coefficient (Wildman–Crippen LogP) is 2.11. The zero-order chi connectivity index (χ0) is 12.1. The molecule has 1 atom stereocenters. The first kappa shape index (κ1) is 12.9. The van der Waals surface area contributed by atoms with E-state index in [1.165, 1.54) is 6.42 Å². The van der Waals surface area contributed by atoms with Crippen LogP contribution in [-0.2, 0) is 0 Å². The zero-order valence-electron chi connectivity index (χ0n) is 9.94. The van der Waals surface area contributed by atoms with Gasteiger partial charge in [0.05, 0.1) is 0 Å². The SMILES string of the molecule is NCC1CCN(CCOc2ccc(Br)cc2)C1. The first-order valence-electron chi connectivity index (χ1n) is 6.08. The molecule has 0 spiro atoms. The summed E-state index contributed by atoms with van der Waals surface area (Å²) in [4.78, 5) is 2.43. The van der Waals surface area contributed by atoms with Gasteiger partial charge in [-0.25, -0.2) is 0 Å². The molecule has 94 valence electrons. The van der Waals surface area contributed by atoms with Crippen molar-refractivity contribution in [3.8, 4) is 5.75 Å². The molecule has 1 aliphatic heterocycles. The lowest BCUT2D eigenvalue weighted by Gasteiger charge is -2.16. The Labute approximate surface area is 111 Å². The van der Waals surface area contributed by atoms with Crippen LogP contribution in [0.3, 0.4) is 0 Å². The smallest absolute Gasteiger partial charge is 0.119 e. The van der Waals surface area contributed by atoms with E-state index >= 15 is 0 Å². The van der Waals surface area contributed by atoms with Crippen molar-refractivity contribution in [2.75, 3.05) is 32.8 Å². The summed E-state index contributed by atoms with van der Waals surface area (Å²) in [5, 5.41) is 0. The van der Waals surface area contributed by atoms with Gasteiger partial charge in [0.15, 0.2) is 0 Å². The van der Waals surface area contributed by atoms with Gasteiger partial charge < -0.3 is 10.5 Å². The highest BCUT2D eigenvalue weighted by Gasteiger charge is 2.20. The molecule has 0 aliphatic carbocycles. The Morgan fingerprint density at radius 3 is 2.76 bits per heavy atom. The maximum atomic E-state index is 5.70. The molecule has 3 nitrogen and oxygen atoms in total. The van der Waals surface area contributed by atoms with Gasteiger partial charge in [0.1, 0.15) is 12.4 Å². The molecule has 1 heterocycles. The number of ether oxygens (including phenoxy) is 1. The second-order valence-corrected chi connectivity index (χ2v) is 5.41. The molecule has 0 radical (unpaired) electrons. The van der Waals surface area contributed by atoms with Crippen LogP contribution in [0.2, 0.25) is 0 Å². The highest BCUT2D eigenvalue weighted by atomic mass is 79.9. The van der Waals surface area contributed by atoms with Crippen LogP contribution in [0.4, 0.5) is 0 Å². The fourth-order valence-electron chi connectivity index (χ4n) is 2.13. The van der Waals surface area contributed by atoms with Crippen LogP contribution in [0, 0.1) is 5.92 Å². The van der Waals surface area contributed by atoms with E-state index in [4.69, 9.17) is 10.5 Å². The number of nitrogens with two attached hydrogens (primary N) is 1. The van der Waals surface area contributed by atoms with Crippen LogP contribution >= 0.6 is 15.9 Å². The standard InChI is InChI=1S/C13H19BrN2O/c14-12-1-3-13(4-2-12)17-8-7-16-6-5-11(9-15)10-16/h1-4,11H,5-10,15H2. The van der Waals surface area contributed by atoms with E-state index in [0.29, 0.717) is 5.92 Å². The molecule has 1 aliphatic rings. The second kappa shape index (κ2) is 6.38. The van der Waals surface area contributed by atoms with Crippen LogP contribution in [0.1, 0.15) is 6.42 Å². The number of nitrogens with zero attached hydrogens (tertiary/aromatic N) is 1. The lowest BCUT2D eigenvalue weighted by molar-refractivity contribution is 0.233. The molecule has 1 fully saturated rings. The quantitative estimate of drug-likeness (QED) is 0.905. The maximum absolute atomic E-state index is 5.70. The first-order valence-corrected chi connectivity index (χ1v) is 6.88. The van der Waals surface area contributed by atoms with Crippen LogP contribution in [0.5, 0.6) is 5.75 Å². The van der Waals surface area contributed by atoms with Crippen LogP contribution in [0.15, 0.2) is 28.7 Å². The van der Waals surface area contributed by atoms with Gasteiger partial charge in [-0.3, -0.25) is 4.90 Å². The van der Waals surface area contributed by atoms with Gasteiger partial charge in [0.2, 0.25) is 0 Å². The fraction of sp³-hybridized carbons (Fsp3) is 0.538. The minimum absolute atomic E-state index is 0.683. The molecule has 2 N–H and O–H groups in total. The predicted molar refractivity (Wildman–Crippen MR) is 73.2 cm³/mol. The minimum atomic E-state index is 0.683. The molecule has 0 saturated carbocycles. The number of benzene rings is 1. The topological polar surface area (TPSA) is 38.5 Å². The van der Waals surface area contributed by atoms with Crippen molar-refractivity contribution in [1.82, 2.24) is 4.90 Å². The maximum Gasteiger partial charge on any atom is 0.119 e. The Kier molecular flexibility index (Phi) is 4.83. The van der Waals surface area contributed by atoms with Gasteiger partial charge in [-0.05, 0) is 49.7 Å². The number of rotatable bonds is 5. The lowest BCUT2D eigenvalue weighted by Crippen LogP contribution is -2.27. The van der Waals surface area contributed by atoms with E-state index in [0.717, 1.165) is 43.0 Å². The summed E-state index contributed by atoms with van der Waals surface area (Å²) in [6.45, 7) is 4.83. The van der Waals surface area contributed by atoms with E-state index in [2.05, 4.69) is 20.8 Å². The van der Waals surface area contributed by atoms with E-state index < -0.39 is 0 Å². The van der Waals surface area contributed by atoms with Gasteiger partial charge in [-0.15, -0.1) is 0 Å². The Morgan fingerprint density at radius 1 is 1.35 bits per heavy atom. The molecule has 0 bridgehead atoms. The molecule has 0 aromatic heterocycles. The summed E-state index contributed by atoms with van der Waals surface area (Å²) < 4.78 is 6.78. The van der Waals surface area contributed by atoms with Crippen LogP contribution < -0.4 is 10.5 Å². The van der Waals surface area contributed by atoms with Gasteiger partial charge in [-0.2, -0.15) is 0 Å². The van der Waals surface area contributed by atoms with E-state index in [-0.39, 0.29) is 0 Å². The fourth-order valence-corrected chi connectivity index (χ4v) is 2.40. The molecule has 4 heteroatoms. The van der Waals surface area contributed by atoms with Crippen molar-refractivity contribution in [2.24, 2.45) is 11.7 Å². The van der Waals surface area contributed by atoms with Gasteiger partial charge >= 0.3 is 0 Å². The van der Waals surface area contributed by atoms with E-state index in [1.54, 1.807) is 0 Å². The summed E-state index contributed by atoms with van der Waals surface area (Å²) in [6.07, 6.45) is 1.23. The van der Waals surface area contributed by atoms with Crippen molar-refractivity contribution in [2.45, 2.75) is 6.42 Å². The van der Waals surface area contributed by atoms with Gasteiger partial charge in [0.25, 0.3) is 0 Å². The molecule has 0 amide bonds. The van der Waals surface area contributed by atoms with Crippen molar-refractivity contribution >= 4 is 15.9 Å². The third kappa shape index (κ3) is 3.98. The van der Waals surface area contributed by atoms with Crippen molar-refractivity contribution in [3.05, 3.63) is 28.7 Å². The van der Waals surface area contributed by atoms with Crippen molar-refractivity contribution < 1.29 is 4.74 Å². The van der Waals surface area contributed by atoms with Crippen molar-refractivity contribution in [3.63, 3.8) is 0 Å². The highest BCUT2D eigenvalue weighted by molar-refractivity contribution is 9.10. The monoisotopic (exact) mass is 298 g/mol.